The second-order valence-electron chi connectivity index (χ2n) is 14.3. The van der Waals surface area contributed by atoms with Gasteiger partial charge in [-0.3, -0.25) is 0 Å². The lowest BCUT2D eigenvalue weighted by Crippen LogP contribution is -2.11. The maximum atomic E-state index is 9.76. The number of benzene rings is 10. The summed E-state index contributed by atoms with van der Waals surface area (Å²) in [6.07, 6.45) is 0. The molecule has 278 valence electrons. The Bertz CT molecular complexity index is 3440. The van der Waals surface area contributed by atoms with Crippen molar-refractivity contribution in [3.05, 3.63) is 249 Å². The van der Waals surface area contributed by atoms with E-state index >= 15 is 0 Å². The Balaban J connectivity index is 1.19. The van der Waals surface area contributed by atoms with Gasteiger partial charge in [-0.2, -0.15) is 0 Å². The van der Waals surface area contributed by atoms with Crippen LogP contribution in [-0.4, -0.2) is 0 Å². The molecule has 0 fully saturated rings. The molecule has 1 heteroatoms. The monoisotopic (exact) mass is 759 g/mol. The molecular weight excluding hydrogens is 711 g/mol. The normalized spacial score (nSPS) is 12.9. The van der Waals surface area contributed by atoms with Crippen molar-refractivity contribution in [1.82, 2.24) is 0 Å². The quantitative estimate of drug-likeness (QED) is 0.142. The zero-order valence-corrected chi connectivity index (χ0v) is 32.0. The summed E-state index contributed by atoms with van der Waals surface area (Å²) in [6.45, 7) is 0. The highest BCUT2D eigenvalue weighted by molar-refractivity contribution is 5.97. The molecule has 0 aliphatic heterocycles. The summed E-state index contributed by atoms with van der Waals surface area (Å²) in [5.74, 6) is 0. The fourth-order valence-electron chi connectivity index (χ4n) is 7.75. The first kappa shape index (κ1) is 27.8. The van der Waals surface area contributed by atoms with Gasteiger partial charge in [0.2, 0.25) is 0 Å². The maximum Gasteiger partial charge on any atom is 0.0645 e. The fraction of sp³-hybridized carbons (Fsp3) is 0. The van der Waals surface area contributed by atoms with E-state index in [9.17, 15) is 11.0 Å². The van der Waals surface area contributed by atoms with Crippen LogP contribution in [-0.2, 0) is 0 Å². The SMILES string of the molecule is [2H]c1c([2H])c(N(c2ccccc2-c2ccccc2)c2c([2H])c([2H])c(-c3ccc(-c4ccccc4)c(-c4ccccc4)c3)c([2H])c2[2H])c([2H])c([2H])c1-c1cccc(-c2cccc3ccccc23)c1. The standard InChI is InChI=1S/C58H41N/c1-4-16-44(17-5-1)55-39-34-49(41-57(55)47-20-8-3-9-21-47)43-32-37-52(38-33-43)59(58-29-13-12-27-56(58)46-18-6-2-7-19-46)51-35-30-42(31-36-51)48-24-14-25-50(40-48)54-28-15-23-45-22-10-11-26-53(45)54/h1-41H/i30D,31D,32D,33D,35D,36D,37D,38D. The molecule has 0 aliphatic carbocycles. The number of fused-ring (bicyclic) bond motifs is 1. The molecule has 10 aromatic carbocycles. The topological polar surface area (TPSA) is 3.24 Å². The van der Waals surface area contributed by atoms with Crippen LogP contribution in [0.25, 0.3) is 77.5 Å². The maximum absolute atomic E-state index is 9.76. The second-order valence-corrected chi connectivity index (χ2v) is 14.3. The Hall–Kier alpha value is -7.74. The van der Waals surface area contributed by atoms with Crippen LogP contribution in [0, 0.1) is 0 Å². The molecule has 0 aromatic heterocycles. The lowest BCUT2D eigenvalue weighted by molar-refractivity contribution is 1.28. The van der Waals surface area contributed by atoms with E-state index in [1.54, 1.807) is 18.2 Å². The van der Waals surface area contributed by atoms with Gasteiger partial charge in [0.05, 0.1) is 16.7 Å². The average Bonchev–Trinajstić information content (AvgIpc) is 3.38. The third kappa shape index (κ3) is 7.23. The van der Waals surface area contributed by atoms with Crippen LogP contribution in [0.3, 0.4) is 0 Å². The Morgan fingerprint density at radius 1 is 0.271 bits per heavy atom. The van der Waals surface area contributed by atoms with Crippen LogP contribution in [0.2, 0.25) is 0 Å². The van der Waals surface area contributed by atoms with E-state index in [-0.39, 0.29) is 46.7 Å². The van der Waals surface area contributed by atoms with Crippen molar-refractivity contribution in [2.45, 2.75) is 0 Å². The van der Waals surface area contributed by atoms with Crippen LogP contribution in [0.1, 0.15) is 11.0 Å². The highest BCUT2D eigenvalue weighted by Crippen LogP contribution is 2.43. The van der Waals surface area contributed by atoms with Gasteiger partial charge in [0, 0.05) is 16.9 Å². The molecule has 0 atom stereocenters. The number of hydrogen-bond donors (Lipinski definition) is 0. The number of para-hydroxylation sites is 1. The second kappa shape index (κ2) is 16.0. The minimum absolute atomic E-state index is 0.0906. The van der Waals surface area contributed by atoms with Crippen molar-refractivity contribution in [3.63, 3.8) is 0 Å². The van der Waals surface area contributed by atoms with Crippen LogP contribution >= 0.6 is 0 Å². The summed E-state index contributed by atoms with van der Waals surface area (Å²) in [5, 5.41) is 2.10. The fourth-order valence-corrected chi connectivity index (χ4v) is 7.75. The molecule has 0 unspecified atom stereocenters. The van der Waals surface area contributed by atoms with Crippen molar-refractivity contribution >= 4 is 27.8 Å². The Kier molecular flexibility index (Phi) is 7.54. The minimum atomic E-state index is -0.406. The first-order chi connectivity index (χ1) is 32.6. The van der Waals surface area contributed by atoms with E-state index in [1.807, 2.05) is 182 Å². The van der Waals surface area contributed by atoms with Gasteiger partial charge in [-0.05, 0) is 114 Å². The van der Waals surface area contributed by atoms with Crippen molar-refractivity contribution in [3.8, 4) is 66.8 Å². The molecule has 59 heavy (non-hydrogen) atoms. The van der Waals surface area contributed by atoms with Gasteiger partial charge in [-0.1, -0.05) is 206 Å². The van der Waals surface area contributed by atoms with E-state index in [2.05, 4.69) is 0 Å². The molecule has 0 aliphatic rings. The predicted octanol–water partition coefficient (Wildman–Crippen LogP) is 16.3. The van der Waals surface area contributed by atoms with E-state index in [1.165, 1.54) is 4.90 Å². The number of rotatable bonds is 9. The highest BCUT2D eigenvalue weighted by atomic mass is 15.1. The van der Waals surface area contributed by atoms with Crippen molar-refractivity contribution in [1.29, 1.82) is 0 Å². The molecule has 0 radical (unpaired) electrons. The van der Waals surface area contributed by atoms with Gasteiger partial charge in [0.15, 0.2) is 0 Å². The van der Waals surface area contributed by atoms with Crippen molar-refractivity contribution < 1.29 is 11.0 Å². The summed E-state index contributed by atoms with van der Waals surface area (Å²) in [5.41, 5.74) is 8.00. The Morgan fingerprint density at radius 3 is 1.39 bits per heavy atom. The zero-order valence-electron chi connectivity index (χ0n) is 40.0. The average molecular weight is 760 g/mol. The molecule has 0 N–H and O–H groups in total. The molecule has 0 heterocycles. The molecule has 1 nitrogen and oxygen atoms in total. The molecule has 0 amide bonds. The van der Waals surface area contributed by atoms with Crippen LogP contribution in [0.15, 0.2) is 249 Å². The Labute approximate surface area is 358 Å². The first-order valence-corrected chi connectivity index (χ1v) is 19.6. The van der Waals surface area contributed by atoms with Gasteiger partial charge in [0.25, 0.3) is 0 Å². The van der Waals surface area contributed by atoms with Gasteiger partial charge in [-0.25, -0.2) is 0 Å². The summed E-state index contributed by atoms with van der Waals surface area (Å²) in [4.78, 5) is 1.39. The first-order valence-electron chi connectivity index (χ1n) is 23.6. The van der Waals surface area contributed by atoms with Crippen LogP contribution < -0.4 is 4.90 Å². The van der Waals surface area contributed by atoms with Gasteiger partial charge in [0.1, 0.15) is 0 Å². The highest BCUT2D eigenvalue weighted by Gasteiger charge is 2.18. The van der Waals surface area contributed by atoms with Gasteiger partial charge < -0.3 is 4.90 Å². The molecular formula is C58H41N. The summed E-state index contributed by atoms with van der Waals surface area (Å²) in [6, 6.07) is 60.8. The summed E-state index contributed by atoms with van der Waals surface area (Å²) in [7, 11) is 0. The van der Waals surface area contributed by atoms with Crippen LogP contribution in [0.5, 0.6) is 0 Å². The lowest BCUT2D eigenvalue weighted by atomic mass is 9.91. The van der Waals surface area contributed by atoms with E-state index in [0.717, 1.165) is 49.7 Å². The zero-order chi connectivity index (χ0) is 46.3. The number of hydrogen-bond acceptors (Lipinski definition) is 1. The van der Waals surface area contributed by atoms with Crippen LogP contribution in [0.4, 0.5) is 17.1 Å². The number of anilines is 3. The smallest absolute Gasteiger partial charge is 0.0645 e. The summed E-state index contributed by atoms with van der Waals surface area (Å²) >= 11 is 0. The minimum Gasteiger partial charge on any atom is -0.310 e. The third-order valence-electron chi connectivity index (χ3n) is 10.6. The molecule has 10 aromatic rings. The van der Waals surface area contributed by atoms with Crippen molar-refractivity contribution in [2.24, 2.45) is 0 Å². The van der Waals surface area contributed by atoms with Crippen molar-refractivity contribution in [2.75, 3.05) is 4.90 Å². The van der Waals surface area contributed by atoms with E-state index in [4.69, 9.17) is 0 Å². The third-order valence-corrected chi connectivity index (χ3v) is 10.6. The molecule has 0 saturated carbocycles. The number of nitrogens with zero attached hydrogens (tertiary/aromatic N) is 1. The van der Waals surface area contributed by atoms with Gasteiger partial charge >= 0.3 is 0 Å². The Morgan fingerprint density at radius 2 is 0.729 bits per heavy atom. The largest absolute Gasteiger partial charge is 0.310 e. The van der Waals surface area contributed by atoms with Gasteiger partial charge in [-0.15, -0.1) is 0 Å². The van der Waals surface area contributed by atoms with E-state index in [0.29, 0.717) is 22.4 Å². The lowest BCUT2D eigenvalue weighted by Gasteiger charge is -2.28. The van der Waals surface area contributed by atoms with E-state index < -0.39 is 24.2 Å². The molecule has 0 saturated heterocycles. The summed E-state index contributed by atoms with van der Waals surface area (Å²) < 4.78 is 77.4. The molecule has 0 spiro atoms. The molecule has 0 bridgehead atoms. The predicted molar refractivity (Wildman–Crippen MR) is 251 cm³/mol. The molecule has 10 rings (SSSR count).